The van der Waals surface area contributed by atoms with Gasteiger partial charge in [-0.3, -0.25) is 9.69 Å². The molecule has 1 aliphatic heterocycles. The number of piperidine rings is 1. The largest absolute Gasteiger partial charge is 0.348 e. The molecular formula is C14H27N3O. The second kappa shape index (κ2) is 6.02. The van der Waals surface area contributed by atoms with E-state index in [0.29, 0.717) is 6.04 Å². The van der Waals surface area contributed by atoms with Gasteiger partial charge in [-0.25, -0.2) is 0 Å². The van der Waals surface area contributed by atoms with E-state index in [0.717, 1.165) is 19.5 Å². The molecule has 2 aliphatic rings. The Morgan fingerprint density at radius 1 is 1.17 bits per heavy atom. The summed E-state index contributed by atoms with van der Waals surface area (Å²) in [6, 6.07) is 0.739. The van der Waals surface area contributed by atoms with E-state index in [-0.39, 0.29) is 17.9 Å². The lowest BCUT2D eigenvalue weighted by atomic mass is 9.87. The summed E-state index contributed by atoms with van der Waals surface area (Å²) in [4.78, 5) is 16.4. The fourth-order valence-electron chi connectivity index (χ4n) is 3.37. The lowest BCUT2D eigenvalue weighted by molar-refractivity contribution is -0.135. The fourth-order valence-corrected chi connectivity index (χ4v) is 3.37. The molecule has 2 atom stereocenters. The lowest BCUT2D eigenvalue weighted by Gasteiger charge is -2.42. The van der Waals surface area contributed by atoms with Gasteiger partial charge in [0.15, 0.2) is 0 Å². The lowest BCUT2D eigenvalue weighted by Crippen LogP contribution is -2.55. The first-order valence-electron chi connectivity index (χ1n) is 7.30. The summed E-state index contributed by atoms with van der Waals surface area (Å²) in [5.41, 5.74) is 6.14. The standard InChI is InChI=1S/C14H27N3O/c1-16(2)14(18)12-10-17(9-8-13(12)15)11-6-4-3-5-7-11/h11-13H,3-10,15H2,1-2H3. The van der Waals surface area contributed by atoms with Gasteiger partial charge in [0, 0.05) is 32.7 Å². The van der Waals surface area contributed by atoms with E-state index in [2.05, 4.69) is 4.90 Å². The monoisotopic (exact) mass is 253 g/mol. The van der Waals surface area contributed by atoms with Gasteiger partial charge in [-0.15, -0.1) is 0 Å². The van der Waals surface area contributed by atoms with Gasteiger partial charge in [-0.2, -0.15) is 0 Å². The summed E-state index contributed by atoms with van der Waals surface area (Å²) in [5.74, 6) is 0.193. The highest BCUT2D eigenvalue weighted by Gasteiger charge is 2.35. The van der Waals surface area contributed by atoms with Crippen molar-refractivity contribution in [3.05, 3.63) is 0 Å². The van der Waals surface area contributed by atoms with Crippen LogP contribution in [0.3, 0.4) is 0 Å². The number of hydrogen-bond donors (Lipinski definition) is 1. The van der Waals surface area contributed by atoms with Gasteiger partial charge < -0.3 is 10.6 Å². The van der Waals surface area contributed by atoms with Crippen molar-refractivity contribution in [1.29, 1.82) is 0 Å². The quantitative estimate of drug-likeness (QED) is 0.800. The maximum absolute atomic E-state index is 12.2. The molecule has 0 bridgehead atoms. The average molecular weight is 253 g/mol. The topological polar surface area (TPSA) is 49.6 Å². The van der Waals surface area contributed by atoms with Gasteiger partial charge in [-0.05, 0) is 25.8 Å². The Balaban J connectivity index is 1.96. The molecule has 1 saturated carbocycles. The van der Waals surface area contributed by atoms with E-state index < -0.39 is 0 Å². The van der Waals surface area contributed by atoms with Crippen LogP contribution in [0.4, 0.5) is 0 Å². The molecule has 104 valence electrons. The van der Waals surface area contributed by atoms with Crippen molar-refractivity contribution in [3.8, 4) is 0 Å². The molecule has 1 aliphatic carbocycles. The van der Waals surface area contributed by atoms with E-state index in [1.54, 1.807) is 4.90 Å². The number of hydrogen-bond acceptors (Lipinski definition) is 3. The van der Waals surface area contributed by atoms with E-state index in [9.17, 15) is 4.79 Å². The average Bonchev–Trinajstić information content (AvgIpc) is 2.39. The third-order valence-corrected chi connectivity index (χ3v) is 4.55. The smallest absolute Gasteiger partial charge is 0.228 e. The molecule has 1 amide bonds. The third kappa shape index (κ3) is 3.04. The highest BCUT2D eigenvalue weighted by atomic mass is 16.2. The Morgan fingerprint density at radius 3 is 2.44 bits per heavy atom. The Bertz CT molecular complexity index is 287. The zero-order valence-corrected chi connectivity index (χ0v) is 11.8. The summed E-state index contributed by atoms with van der Waals surface area (Å²) in [6.45, 7) is 1.94. The van der Waals surface area contributed by atoms with Crippen LogP contribution in [0.5, 0.6) is 0 Å². The van der Waals surface area contributed by atoms with Crippen molar-refractivity contribution in [3.63, 3.8) is 0 Å². The van der Waals surface area contributed by atoms with Gasteiger partial charge >= 0.3 is 0 Å². The third-order valence-electron chi connectivity index (χ3n) is 4.55. The Kier molecular flexibility index (Phi) is 4.62. The second-order valence-electron chi connectivity index (χ2n) is 6.08. The Morgan fingerprint density at radius 2 is 1.83 bits per heavy atom. The molecule has 0 spiro atoms. The minimum absolute atomic E-state index is 0.00400. The van der Waals surface area contributed by atoms with Crippen molar-refractivity contribution >= 4 is 5.91 Å². The van der Waals surface area contributed by atoms with Crippen molar-refractivity contribution in [2.75, 3.05) is 27.2 Å². The molecule has 0 aromatic rings. The van der Waals surface area contributed by atoms with Crippen LogP contribution in [0.1, 0.15) is 38.5 Å². The minimum Gasteiger partial charge on any atom is -0.348 e. The number of amides is 1. The number of carbonyl (C=O) groups is 1. The summed E-state index contributed by atoms with van der Waals surface area (Å²) in [7, 11) is 3.66. The summed E-state index contributed by atoms with van der Waals surface area (Å²) in [6.07, 6.45) is 7.64. The second-order valence-corrected chi connectivity index (χ2v) is 6.08. The van der Waals surface area contributed by atoms with Crippen molar-refractivity contribution < 1.29 is 4.79 Å². The summed E-state index contributed by atoms with van der Waals surface area (Å²) < 4.78 is 0. The van der Waals surface area contributed by atoms with Crippen LogP contribution in [0.2, 0.25) is 0 Å². The van der Waals surface area contributed by atoms with Gasteiger partial charge in [0.2, 0.25) is 5.91 Å². The van der Waals surface area contributed by atoms with Crippen LogP contribution < -0.4 is 5.73 Å². The van der Waals surface area contributed by atoms with Gasteiger partial charge in [0.1, 0.15) is 0 Å². The van der Waals surface area contributed by atoms with Crippen LogP contribution in [0.25, 0.3) is 0 Å². The SMILES string of the molecule is CN(C)C(=O)C1CN(C2CCCCC2)CCC1N. The van der Waals surface area contributed by atoms with Crippen LogP contribution >= 0.6 is 0 Å². The van der Waals surface area contributed by atoms with Crippen LogP contribution in [-0.4, -0.2) is 55.0 Å². The van der Waals surface area contributed by atoms with Crippen molar-refractivity contribution in [1.82, 2.24) is 9.80 Å². The first kappa shape index (κ1) is 13.8. The highest BCUT2D eigenvalue weighted by molar-refractivity contribution is 5.79. The van der Waals surface area contributed by atoms with E-state index >= 15 is 0 Å². The molecule has 2 rings (SSSR count). The number of rotatable bonds is 2. The maximum Gasteiger partial charge on any atom is 0.228 e. The molecule has 1 heterocycles. The Hall–Kier alpha value is -0.610. The summed E-state index contributed by atoms with van der Waals surface area (Å²) >= 11 is 0. The molecule has 4 nitrogen and oxygen atoms in total. The van der Waals surface area contributed by atoms with Crippen LogP contribution in [-0.2, 0) is 4.79 Å². The molecule has 18 heavy (non-hydrogen) atoms. The van der Waals surface area contributed by atoms with E-state index in [1.807, 2.05) is 14.1 Å². The Labute approximate surface area is 110 Å². The molecule has 2 N–H and O–H groups in total. The van der Waals surface area contributed by atoms with Crippen LogP contribution in [0.15, 0.2) is 0 Å². The maximum atomic E-state index is 12.2. The summed E-state index contributed by atoms with van der Waals surface area (Å²) in [5, 5.41) is 0. The van der Waals surface area contributed by atoms with E-state index in [4.69, 9.17) is 5.73 Å². The number of likely N-dealkylation sites (tertiary alicyclic amines) is 1. The zero-order chi connectivity index (χ0) is 13.1. The molecule has 2 unspecified atom stereocenters. The fraction of sp³-hybridized carbons (Fsp3) is 0.929. The van der Waals surface area contributed by atoms with Gasteiger partial charge in [0.25, 0.3) is 0 Å². The molecule has 0 radical (unpaired) electrons. The number of carbonyl (C=O) groups excluding carboxylic acids is 1. The number of nitrogens with two attached hydrogens (primary N) is 1. The van der Waals surface area contributed by atoms with Gasteiger partial charge in [-0.1, -0.05) is 19.3 Å². The zero-order valence-electron chi connectivity index (χ0n) is 11.8. The van der Waals surface area contributed by atoms with Gasteiger partial charge in [0.05, 0.1) is 5.92 Å². The molecular weight excluding hydrogens is 226 g/mol. The molecule has 4 heteroatoms. The van der Waals surface area contributed by atoms with E-state index in [1.165, 1.54) is 32.1 Å². The molecule has 0 aromatic carbocycles. The normalized spacial score (nSPS) is 31.3. The highest BCUT2D eigenvalue weighted by Crippen LogP contribution is 2.27. The molecule has 0 aromatic heterocycles. The first-order valence-corrected chi connectivity index (χ1v) is 7.30. The molecule has 2 fully saturated rings. The first-order chi connectivity index (χ1) is 8.59. The minimum atomic E-state index is -0.00400. The predicted molar refractivity (Wildman–Crippen MR) is 73.2 cm³/mol. The van der Waals surface area contributed by atoms with Crippen molar-refractivity contribution in [2.24, 2.45) is 11.7 Å². The molecule has 1 saturated heterocycles. The predicted octanol–water partition coefficient (Wildman–Crippen LogP) is 1.06. The van der Waals surface area contributed by atoms with Crippen molar-refractivity contribution in [2.45, 2.75) is 50.6 Å². The van der Waals surface area contributed by atoms with Crippen LogP contribution in [0, 0.1) is 5.92 Å². The number of nitrogens with zero attached hydrogens (tertiary/aromatic N) is 2.